The molecule has 9 nitrogen and oxygen atoms in total. The Morgan fingerprint density at radius 1 is 1.00 bits per heavy atom. The molecule has 1 aromatic carbocycles. The van der Waals surface area contributed by atoms with Gasteiger partial charge in [-0.2, -0.15) is 0 Å². The smallest absolute Gasteiger partial charge is 0.257 e. The summed E-state index contributed by atoms with van der Waals surface area (Å²) < 4.78 is 10.3. The van der Waals surface area contributed by atoms with Crippen LogP contribution in [0.2, 0.25) is 0 Å². The topological polar surface area (TPSA) is 114 Å². The van der Waals surface area contributed by atoms with Crippen LogP contribution in [0.25, 0.3) is 0 Å². The van der Waals surface area contributed by atoms with Gasteiger partial charge in [-0.1, -0.05) is 18.2 Å². The summed E-state index contributed by atoms with van der Waals surface area (Å²) in [6, 6.07) is 12.5. The second-order valence-corrected chi connectivity index (χ2v) is 7.41. The van der Waals surface area contributed by atoms with Crippen molar-refractivity contribution in [3.63, 3.8) is 0 Å². The number of nitrogens with one attached hydrogen (secondary N) is 2. The SMILES string of the molecule is CN(C)Cc1ccc(CSCC(=O)Nc2nonc2NC(=O)c2ccccc2)o1. The number of aromatic nitrogens is 2. The van der Waals surface area contributed by atoms with Crippen molar-refractivity contribution in [1.82, 2.24) is 15.2 Å². The number of thioether (sulfide) groups is 1. The standard InChI is InChI=1S/C19H21N5O4S/c1-24(2)10-14-8-9-15(27-14)11-29-12-16(25)20-17-18(23-28-22-17)21-19(26)13-6-4-3-5-7-13/h3-9H,10-12H2,1-2H3,(H,20,22,25)(H,21,23,26). The summed E-state index contributed by atoms with van der Waals surface area (Å²) in [4.78, 5) is 26.4. The van der Waals surface area contributed by atoms with E-state index in [1.54, 1.807) is 24.3 Å². The molecule has 152 valence electrons. The number of carbonyl (C=O) groups excluding carboxylic acids is 2. The average molecular weight is 415 g/mol. The van der Waals surface area contributed by atoms with Crippen LogP contribution in [0, 0.1) is 0 Å². The summed E-state index contributed by atoms with van der Waals surface area (Å²) in [6.07, 6.45) is 0. The Labute approximate surface area is 171 Å². The van der Waals surface area contributed by atoms with Crippen molar-refractivity contribution in [2.75, 3.05) is 30.5 Å². The Kier molecular flexibility index (Phi) is 7.04. The van der Waals surface area contributed by atoms with E-state index in [4.69, 9.17) is 4.42 Å². The van der Waals surface area contributed by atoms with Crippen LogP contribution in [-0.4, -0.2) is 46.9 Å². The third kappa shape index (κ3) is 6.19. The highest BCUT2D eigenvalue weighted by atomic mass is 32.2. The molecule has 3 rings (SSSR count). The molecule has 0 atom stereocenters. The molecule has 0 aliphatic carbocycles. The molecule has 29 heavy (non-hydrogen) atoms. The molecule has 0 fully saturated rings. The van der Waals surface area contributed by atoms with E-state index in [1.807, 2.05) is 37.2 Å². The van der Waals surface area contributed by atoms with Gasteiger partial charge in [-0.05, 0) is 48.7 Å². The van der Waals surface area contributed by atoms with Crippen LogP contribution in [0.1, 0.15) is 21.9 Å². The number of carbonyl (C=O) groups is 2. The van der Waals surface area contributed by atoms with E-state index in [2.05, 4.69) is 25.6 Å². The number of benzene rings is 1. The molecule has 0 radical (unpaired) electrons. The summed E-state index contributed by atoms with van der Waals surface area (Å²) in [5.74, 6) is 1.88. The first-order valence-electron chi connectivity index (χ1n) is 8.80. The zero-order valence-electron chi connectivity index (χ0n) is 16.0. The van der Waals surface area contributed by atoms with Gasteiger partial charge in [0.1, 0.15) is 11.5 Å². The van der Waals surface area contributed by atoms with Gasteiger partial charge in [0, 0.05) is 5.56 Å². The van der Waals surface area contributed by atoms with Crippen molar-refractivity contribution < 1.29 is 18.6 Å². The van der Waals surface area contributed by atoms with Gasteiger partial charge in [0.25, 0.3) is 5.91 Å². The van der Waals surface area contributed by atoms with Gasteiger partial charge >= 0.3 is 0 Å². The van der Waals surface area contributed by atoms with Crippen molar-refractivity contribution >= 4 is 35.2 Å². The van der Waals surface area contributed by atoms with Crippen molar-refractivity contribution in [2.45, 2.75) is 12.3 Å². The van der Waals surface area contributed by atoms with Crippen LogP contribution < -0.4 is 10.6 Å². The maximum absolute atomic E-state index is 12.2. The molecule has 0 saturated heterocycles. The Hall–Kier alpha value is -3.11. The third-order valence-corrected chi connectivity index (χ3v) is 4.64. The highest BCUT2D eigenvalue weighted by Gasteiger charge is 2.16. The molecule has 0 spiro atoms. The summed E-state index contributed by atoms with van der Waals surface area (Å²) in [5, 5.41) is 12.4. The molecule has 0 unspecified atom stereocenters. The van der Waals surface area contributed by atoms with E-state index in [1.165, 1.54) is 11.8 Å². The molecule has 2 aromatic heterocycles. The largest absolute Gasteiger partial charge is 0.464 e. The number of hydrogen-bond acceptors (Lipinski definition) is 8. The van der Waals surface area contributed by atoms with Crippen LogP contribution in [0.15, 0.2) is 51.5 Å². The minimum Gasteiger partial charge on any atom is -0.464 e. The lowest BCUT2D eigenvalue weighted by molar-refractivity contribution is -0.113. The molecule has 0 aliphatic rings. The second-order valence-electron chi connectivity index (χ2n) is 6.43. The quantitative estimate of drug-likeness (QED) is 0.548. The first-order valence-corrected chi connectivity index (χ1v) is 9.95. The van der Waals surface area contributed by atoms with E-state index in [0.717, 1.165) is 18.1 Å². The van der Waals surface area contributed by atoms with E-state index in [-0.39, 0.29) is 29.2 Å². The fraction of sp³-hybridized carbons (Fsp3) is 0.263. The molecule has 2 heterocycles. The molecule has 10 heteroatoms. The molecular formula is C19H21N5O4S. The molecule has 0 bridgehead atoms. The van der Waals surface area contributed by atoms with Gasteiger partial charge in [-0.3, -0.25) is 9.59 Å². The number of anilines is 2. The Balaban J connectivity index is 1.47. The van der Waals surface area contributed by atoms with Crippen molar-refractivity contribution in [3.05, 3.63) is 59.5 Å². The highest BCUT2D eigenvalue weighted by Crippen LogP contribution is 2.19. The third-order valence-electron chi connectivity index (χ3n) is 3.68. The lowest BCUT2D eigenvalue weighted by Gasteiger charge is -2.06. The zero-order valence-corrected chi connectivity index (χ0v) is 16.9. The lowest BCUT2D eigenvalue weighted by Crippen LogP contribution is -2.18. The minimum atomic E-state index is -0.377. The number of furan rings is 1. The fourth-order valence-corrected chi connectivity index (χ4v) is 3.15. The highest BCUT2D eigenvalue weighted by molar-refractivity contribution is 7.99. The van der Waals surface area contributed by atoms with Gasteiger partial charge in [0.2, 0.25) is 17.5 Å². The van der Waals surface area contributed by atoms with Crippen LogP contribution in [0.4, 0.5) is 11.6 Å². The number of amides is 2. The van der Waals surface area contributed by atoms with Gasteiger partial charge in [0.05, 0.1) is 18.1 Å². The van der Waals surface area contributed by atoms with E-state index in [0.29, 0.717) is 11.3 Å². The van der Waals surface area contributed by atoms with E-state index in [9.17, 15) is 9.59 Å². The normalized spacial score (nSPS) is 10.9. The van der Waals surface area contributed by atoms with Crippen LogP contribution >= 0.6 is 11.8 Å². The fourth-order valence-electron chi connectivity index (χ4n) is 2.43. The first-order chi connectivity index (χ1) is 14.0. The summed E-state index contributed by atoms with van der Waals surface area (Å²) in [6.45, 7) is 0.724. The number of hydrogen-bond donors (Lipinski definition) is 2. The average Bonchev–Trinajstić information content (AvgIpc) is 3.31. The predicted octanol–water partition coefficient (Wildman–Crippen LogP) is 2.85. The maximum Gasteiger partial charge on any atom is 0.257 e. The Bertz CT molecular complexity index is 954. The summed E-state index contributed by atoms with van der Waals surface area (Å²) in [5.41, 5.74) is 0.454. The van der Waals surface area contributed by atoms with Crippen LogP contribution in [0.5, 0.6) is 0 Å². The van der Waals surface area contributed by atoms with Gasteiger partial charge in [-0.15, -0.1) is 11.8 Å². The molecular weight excluding hydrogens is 394 g/mol. The molecule has 0 saturated carbocycles. The Morgan fingerprint density at radius 3 is 2.41 bits per heavy atom. The first kappa shape index (κ1) is 20.6. The monoisotopic (exact) mass is 415 g/mol. The van der Waals surface area contributed by atoms with Gasteiger partial charge in [-0.25, -0.2) is 4.63 Å². The summed E-state index contributed by atoms with van der Waals surface area (Å²) >= 11 is 1.40. The van der Waals surface area contributed by atoms with Crippen molar-refractivity contribution in [3.8, 4) is 0 Å². The van der Waals surface area contributed by atoms with Crippen molar-refractivity contribution in [2.24, 2.45) is 0 Å². The maximum atomic E-state index is 12.2. The van der Waals surface area contributed by atoms with Crippen LogP contribution in [0.3, 0.4) is 0 Å². The zero-order chi connectivity index (χ0) is 20.6. The minimum absolute atomic E-state index is 0.0524. The lowest BCUT2D eigenvalue weighted by atomic mass is 10.2. The molecule has 0 aliphatic heterocycles. The summed E-state index contributed by atoms with van der Waals surface area (Å²) in [7, 11) is 3.94. The molecule has 2 N–H and O–H groups in total. The molecule has 3 aromatic rings. The van der Waals surface area contributed by atoms with Gasteiger partial charge in [0.15, 0.2) is 0 Å². The van der Waals surface area contributed by atoms with Crippen molar-refractivity contribution in [1.29, 1.82) is 0 Å². The van der Waals surface area contributed by atoms with E-state index < -0.39 is 0 Å². The number of rotatable bonds is 9. The number of nitrogens with zero attached hydrogens (tertiary/aromatic N) is 3. The second kappa shape index (κ2) is 9.89. The van der Waals surface area contributed by atoms with Gasteiger partial charge < -0.3 is 20.0 Å². The molecule has 2 amide bonds. The Morgan fingerprint density at radius 2 is 1.69 bits per heavy atom. The van der Waals surface area contributed by atoms with Crippen LogP contribution in [-0.2, 0) is 17.1 Å². The van der Waals surface area contributed by atoms with E-state index >= 15 is 0 Å². The predicted molar refractivity (Wildman–Crippen MR) is 110 cm³/mol.